The summed E-state index contributed by atoms with van der Waals surface area (Å²) in [7, 11) is 2.15. The highest BCUT2D eigenvalue weighted by molar-refractivity contribution is 5.98. The van der Waals surface area contributed by atoms with Crippen LogP contribution in [0.3, 0.4) is 0 Å². The molecular weight excluding hydrogens is 228 g/mol. The summed E-state index contributed by atoms with van der Waals surface area (Å²) in [5, 5.41) is 0. The van der Waals surface area contributed by atoms with E-state index in [0.717, 1.165) is 38.3 Å². The molecule has 0 saturated carbocycles. The molecule has 3 rings (SSSR count). The van der Waals surface area contributed by atoms with Crippen LogP contribution in [-0.4, -0.2) is 72.6 Å². The highest BCUT2D eigenvalue weighted by atomic mass is 16.1. The molecule has 0 aliphatic carbocycles. The summed E-state index contributed by atoms with van der Waals surface area (Å²) in [5.41, 5.74) is 0. The largest absolute Gasteiger partial charge is 0.355 e. The van der Waals surface area contributed by atoms with Crippen molar-refractivity contribution in [3.63, 3.8) is 0 Å². The van der Waals surface area contributed by atoms with Crippen LogP contribution in [0.2, 0.25) is 0 Å². The molecule has 18 heavy (non-hydrogen) atoms. The van der Waals surface area contributed by atoms with Crippen LogP contribution in [0.1, 0.15) is 0 Å². The monoisotopic (exact) mass is 246 g/mol. The lowest BCUT2D eigenvalue weighted by molar-refractivity contribution is -0.108. The van der Waals surface area contributed by atoms with E-state index >= 15 is 0 Å². The van der Waals surface area contributed by atoms with E-state index in [4.69, 9.17) is 0 Å². The summed E-state index contributed by atoms with van der Waals surface area (Å²) < 4.78 is 0. The molecule has 5 nitrogen and oxygen atoms in total. The van der Waals surface area contributed by atoms with Gasteiger partial charge in [0.15, 0.2) is 0 Å². The van der Waals surface area contributed by atoms with Gasteiger partial charge in [0.2, 0.25) is 0 Å². The standard InChI is InChI=1S/C13H18N4O/c1-15-5-7-16(8-6-15)13-4-2-3-12-14-11(10-18)9-17(12)13/h2-4,10-11H,5-9H2,1H3. The van der Waals surface area contributed by atoms with Crippen LogP contribution >= 0.6 is 0 Å². The quantitative estimate of drug-likeness (QED) is 0.639. The van der Waals surface area contributed by atoms with Gasteiger partial charge in [0.25, 0.3) is 0 Å². The van der Waals surface area contributed by atoms with Gasteiger partial charge in [-0.3, -0.25) is 4.99 Å². The minimum atomic E-state index is -0.210. The molecule has 1 saturated heterocycles. The van der Waals surface area contributed by atoms with Gasteiger partial charge < -0.3 is 19.5 Å². The second-order valence-corrected chi connectivity index (χ2v) is 4.98. The van der Waals surface area contributed by atoms with E-state index in [-0.39, 0.29) is 6.04 Å². The van der Waals surface area contributed by atoms with E-state index in [1.807, 2.05) is 12.2 Å². The second-order valence-electron chi connectivity index (χ2n) is 4.98. The Labute approximate surface area is 107 Å². The maximum absolute atomic E-state index is 10.9. The predicted molar refractivity (Wildman–Crippen MR) is 70.3 cm³/mol. The van der Waals surface area contributed by atoms with Crippen molar-refractivity contribution in [3.05, 3.63) is 24.0 Å². The summed E-state index contributed by atoms with van der Waals surface area (Å²) in [5.74, 6) is 2.11. The molecule has 0 amide bonds. The first kappa shape index (κ1) is 11.5. The minimum absolute atomic E-state index is 0.210. The molecule has 0 aromatic rings. The van der Waals surface area contributed by atoms with E-state index < -0.39 is 0 Å². The van der Waals surface area contributed by atoms with E-state index in [1.54, 1.807) is 0 Å². The molecule has 1 fully saturated rings. The van der Waals surface area contributed by atoms with Gasteiger partial charge in [0.1, 0.15) is 24.0 Å². The third-order valence-corrected chi connectivity index (χ3v) is 3.70. The Morgan fingerprint density at radius 2 is 2.11 bits per heavy atom. The molecule has 1 unspecified atom stereocenters. The maximum Gasteiger partial charge on any atom is 0.146 e. The molecule has 3 aliphatic rings. The summed E-state index contributed by atoms with van der Waals surface area (Å²) >= 11 is 0. The van der Waals surface area contributed by atoms with Gasteiger partial charge in [-0.1, -0.05) is 6.08 Å². The van der Waals surface area contributed by atoms with Gasteiger partial charge in [-0.15, -0.1) is 0 Å². The molecule has 0 bridgehead atoms. The fraction of sp³-hybridized carbons (Fsp3) is 0.538. The summed E-state index contributed by atoms with van der Waals surface area (Å²) in [6.07, 6.45) is 7.05. The number of likely N-dealkylation sites (N-methyl/N-ethyl adjacent to an activating group) is 1. The van der Waals surface area contributed by atoms with Crippen LogP contribution in [0.4, 0.5) is 0 Å². The molecule has 3 heterocycles. The molecule has 0 N–H and O–H groups in total. The third-order valence-electron chi connectivity index (χ3n) is 3.70. The van der Waals surface area contributed by atoms with Crippen LogP contribution in [-0.2, 0) is 4.79 Å². The fourth-order valence-electron chi connectivity index (χ4n) is 2.60. The zero-order chi connectivity index (χ0) is 12.5. The molecule has 0 spiro atoms. The average Bonchev–Trinajstić information content (AvgIpc) is 2.82. The second kappa shape index (κ2) is 4.57. The first-order valence-electron chi connectivity index (χ1n) is 6.40. The number of carbonyl (C=O) groups is 1. The number of aliphatic imine (C=N–C) groups is 1. The van der Waals surface area contributed by atoms with Crippen molar-refractivity contribution >= 4 is 12.1 Å². The number of carbonyl (C=O) groups excluding carboxylic acids is 1. The molecule has 0 radical (unpaired) electrons. The lowest BCUT2D eigenvalue weighted by atomic mass is 10.2. The number of amidine groups is 1. The molecule has 0 aromatic carbocycles. The average molecular weight is 246 g/mol. The molecule has 96 valence electrons. The molecule has 1 atom stereocenters. The van der Waals surface area contributed by atoms with E-state index in [1.165, 1.54) is 5.82 Å². The smallest absolute Gasteiger partial charge is 0.146 e. The van der Waals surface area contributed by atoms with Crippen LogP contribution in [0.15, 0.2) is 29.0 Å². The Hall–Kier alpha value is -1.62. The first-order chi connectivity index (χ1) is 8.78. The number of piperazine rings is 1. The van der Waals surface area contributed by atoms with E-state index in [2.05, 4.69) is 32.8 Å². The highest BCUT2D eigenvalue weighted by Crippen LogP contribution is 2.22. The van der Waals surface area contributed by atoms with Crippen molar-refractivity contribution in [1.29, 1.82) is 0 Å². The van der Waals surface area contributed by atoms with Gasteiger partial charge in [-0.05, 0) is 19.2 Å². The normalized spacial score (nSPS) is 27.9. The molecule has 0 aromatic heterocycles. The van der Waals surface area contributed by atoms with Gasteiger partial charge in [-0.25, -0.2) is 0 Å². The Kier molecular flexibility index (Phi) is 2.91. The number of nitrogens with zero attached hydrogens (tertiary/aromatic N) is 4. The SMILES string of the molecule is CN1CCN(C2=CC=CC3=NC(C=O)CN23)CC1. The van der Waals surface area contributed by atoms with Gasteiger partial charge >= 0.3 is 0 Å². The number of fused-ring (bicyclic) bond motifs is 1. The maximum atomic E-state index is 10.9. The first-order valence-corrected chi connectivity index (χ1v) is 6.40. The molecule has 5 heteroatoms. The molecular formula is C13H18N4O. The van der Waals surface area contributed by atoms with Crippen LogP contribution in [0.5, 0.6) is 0 Å². The number of hydrogen-bond acceptors (Lipinski definition) is 5. The molecule has 3 aliphatic heterocycles. The topological polar surface area (TPSA) is 39.1 Å². The predicted octanol–water partition coefficient (Wildman–Crippen LogP) is -0.0734. The lowest BCUT2D eigenvalue weighted by Crippen LogP contribution is -2.48. The van der Waals surface area contributed by atoms with Gasteiger partial charge in [0, 0.05) is 26.2 Å². The van der Waals surface area contributed by atoms with Crippen molar-refractivity contribution in [2.24, 2.45) is 4.99 Å². The highest BCUT2D eigenvalue weighted by Gasteiger charge is 2.30. The zero-order valence-corrected chi connectivity index (χ0v) is 10.6. The lowest BCUT2D eigenvalue weighted by Gasteiger charge is -2.39. The summed E-state index contributed by atoms with van der Waals surface area (Å²) in [6.45, 7) is 4.91. The van der Waals surface area contributed by atoms with Crippen LogP contribution in [0, 0.1) is 0 Å². The van der Waals surface area contributed by atoms with Crippen molar-refractivity contribution in [2.45, 2.75) is 6.04 Å². The van der Waals surface area contributed by atoms with E-state index in [0.29, 0.717) is 6.54 Å². The van der Waals surface area contributed by atoms with Gasteiger partial charge in [-0.2, -0.15) is 0 Å². The van der Waals surface area contributed by atoms with Crippen LogP contribution in [0.25, 0.3) is 0 Å². The summed E-state index contributed by atoms with van der Waals surface area (Å²) in [6, 6.07) is -0.210. The Balaban J connectivity index is 1.77. The third kappa shape index (κ3) is 1.95. The van der Waals surface area contributed by atoms with Crippen molar-refractivity contribution in [3.8, 4) is 0 Å². The van der Waals surface area contributed by atoms with Crippen molar-refractivity contribution in [2.75, 3.05) is 39.8 Å². The minimum Gasteiger partial charge on any atom is -0.355 e. The number of rotatable bonds is 2. The fourth-order valence-corrected chi connectivity index (χ4v) is 2.60. The van der Waals surface area contributed by atoms with Gasteiger partial charge in [0.05, 0.1) is 6.54 Å². The number of hydrogen-bond donors (Lipinski definition) is 0. The zero-order valence-electron chi connectivity index (χ0n) is 10.6. The summed E-state index contributed by atoms with van der Waals surface area (Å²) in [4.78, 5) is 22.2. The van der Waals surface area contributed by atoms with Crippen molar-refractivity contribution in [1.82, 2.24) is 14.7 Å². The number of aldehydes is 1. The van der Waals surface area contributed by atoms with Crippen LogP contribution < -0.4 is 0 Å². The Morgan fingerprint density at radius 3 is 2.83 bits per heavy atom. The Morgan fingerprint density at radius 1 is 1.33 bits per heavy atom. The van der Waals surface area contributed by atoms with Crippen molar-refractivity contribution < 1.29 is 4.79 Å². The van der Waals surface area contributed by atoms with E-state index in [9.17, 15) is 4.79 Å². The number of allylic oxidation sites excluding steroid dienone is 2. The Bertz CT molecular complexity index is 432.